The van der Waals surface area contributed by atoms with E-state index in [1.807, 2.05) is 6.92 Å². The second kappa shape index (κ2) is 11.5. The van der Waals surface area contributed by atoms with E-state index in [-0.39, 0.29) is 52.4 Å². The van der Waals surface area contributed by atoms with E-state index in [0.29, 0.717) is 45.1 Å². The molecule has 2 amide bonds. The summed E-state index contributed by atoms with van der Waals surface area (Å²) in [6.07, 6.45) is 7.70. The molecule has 9 heteroatoms. The van der Waals surface area contributed by atoms with Crippen molar-refractivity contribution in [2.75, 3.05) is 20.8 Å². The molecule has 1 aromatic rings. The van der Waals surface area contributed by atoms with Crippen molar-refractivity contribution in [2.45, 2.75) is 90.2 Å². The monoisotopic (exact) mass is 532 g/mol. The van der Waals surface area contributed by atoms with Gasteiger partial charge in [-0.25, -0.2) is 4.39 Å². The van der Waals surface area contributed by atoms with Crippen molar-refractivity contribution in [1.82, 2.24) is 10.6 Å². The predicted octanol–water partition coefficient (Wildman–Crippen LogP) is 4.54. The van der Waals surface area contributed by atoms with E-state index >= 15 is 0 Å². The number of methoxy groups -OCH3 is 2. The molecule has 0 aromatic heterocycles. The van der Waals surface area contributed by atoms with E-state index in [0.717, 1.165) is 25.3 Å². The van der Waals surface area contributed by atoms with Gasteiger partial charge in [0, 0.05) is 18.7 Å². The quantitative estimate of drug-likeness (QED) is 0.453. The van der Waals surface area contributed by atoms with E-state index in [9.17, 15) is 18.8 Å². The predicted molar refractivity (Wildman–Crippen MR) is 140 cm³/mol. The van der Waals surface area contributed by atoms with Gasteiger partial charge in [0.15, 0.2) is 11.6 Å². The van der Waals surface area contributed by atoms with Gasteiger partial charge in [-0.15, -0.1) is 0 Å². The summed E-state index contributed by atoms with van der Waals surface area (Å²) in [5.74, 6) is -1.54. The molecule has 0 unspecified atom stereocenters. The van der Waals surface area contributed by atoms with Crippen LogP contribution in [-0.2, 0) is 14.3 Å². The molecule has 0 radical (unpaired) electrons. The van der Waals surface area contributed by atoms with Crippen LogP contribution in [0.15, 0.2) is 12.1 Å². The Labute approximate surface area is 224 Å². The summed E-state index contributed by atoms with van der Waals surface area (Å²) in [4.78, 5) is 38.3. The van der Waals surface area contributed by atoms with E-state index in [2.05, 4.69) is 17.6 Å². The summed E-state index contributed by atoms with van der Waals surface area (Å²) in [6, 6.07) is 2.23. The molecule has 8 nitrogen and oxygen atoms in total. The van der Waals surface area contributed by atoms with Crippen molar-refractivity contribution in [2.24, 2.45) is 16.7 Å². The second-order valence-corrected chi connectivity index (χ2v) is 11.9. The Morgan fingerprint density at radius 2 is 1.68 bits per heavy atom. The van der Waals surface area contributed by atoms with Crippen molar-refractivity contribution < 1.29 is 33.0 Å². The lowest BCUT2D eigenvalue weighted by Crippen LogP contribution is -2.47. The molecule has 38 heavy (non-hydrogen) atoms. The number of hydrogen-bond donors (Lipinski definition) is 2. The minimum Gasteiger partial charge on any atom is -0.496 e. The van der Waals surface area contributed by atoms with Crippen molar-refractivity contribution in [3.05, 3.63) is 23.5 Å². The Balaban J connectivity index is 1.41. The minimum atomic E-state index is -0.623. The van der Waals surface area contributed by atoms with E-state index in [1.165, 1.54) is 26.7 Å². The highest BCUT2D eigenvalue weighted by Crippen LogP contribution is 2.40. The summed E-state index contributed by atoms with van der Waals surface area (Å²) in [7, 11) is 2.76. The molecule has 3 saturated carbocycles. The van der Waals surface area contributed by atoms with Gasteiger partial charge in [0.1, 0.15) is 5.75 Å². The number of carbonyl (C=O) groups is 3. The van der Waals surface area contributed by atoms with Crippen molar-refractivity contribution in [3.63, 3.8) is 0 Å². The number of hydrogen-bond acceptors (Lipinski definition) is 6. The van der Waals surface area contributed by atoms with Crippen LogP contribution in [0.25, 0.3) is 0 Å². The summed E-state index contributed by atoms with van der Waals surface area (Å²) in [5, 5.41) is 6.09. The maximum atomic E-state index is 14.9. The largest absolute Gasteiger partial charge is 0.496 e. The number of esters is 1. The maximum absolute atomic E-state index is 14.9. The molecule has 0 saturated heterocycles. The third kappa shape index (κ3) is 6.07. The average Bonchev–Trinajstić information content (AvgIpc) is 3.35. The first-order valence-electron chi connectivity index (χ1n) is 13.8. The van der Waals surface area contributed by atoms with Crippen LogP contribution in [-0.4, -0.2) is 50.7 Å². The zero-order chi connectivity index (χ0) is 27.5. The number of nitrogens with one attached hydrogen (secondary N) is 2. The van der Waals surface area contributed by atoms with Gasteiger partial charge in [0.05, 0.1) is 37.2 Å². The molecule has 0 aliphatic heterocycles. The third-order valence-electron chi connectivity index (χ3n) is 8.93. The lowest BCUT2D eigenvalue weighted by molar-refractivity contribution is -0.154. The standard InChI is InChI=1S/C29H41FN2O6/c1-28(11-6-12-28)17-31-25(33)19-7-5-8-22(19)32-26(34)20-15-24(21(30)16-23(20)36-3)38-18-9-13-29(2,14-10-18)27(35)37-4/h15-16,18-19,22H,5-14,17H2,1-4H3,(H,31,33)(H,32,34)/t18?,19-,22+,29?/m0/s1. The number of carbonyl (C=O) groups excluding carboxylic acids is 3. The van der Waals surface area contributed by atoms with Crippen LogP contribution in [0, 0.1) is 22.6 Å². The molecule has 2 N–H and O–H groups in total. The van der Waals surface area contributed by atoms with Gasteiger partial charge in [0.2, 0.25) is 5.91 Å². The molecule has 1 aromatic carbocycles. The lowest BCUT2D eigenvalue weighted by Gasteiger charge is -2.38. The molecule has 3 fully saturated rings. The number of rotatable bonds is 9. The highest BCUT2D eigenvalue weighted by molar-refractivity contribution is 5.98. The molecular weight excluding hydrogens is 491 g/mol. The lowest BCUT2D eigenvalue weighted by atomic mass is 9.70. The minimum absolute atomic E-state index is 0.0210. The van der Waals surface area contributed by atoms with Crippen LogP contribution in [0.4, 0.5) is 4.39 Å². The van der Waals surface area contributed by atoms with Crippen LogP contribution in [0.5, 0.6) is 11.5 Å². The summed E-state index contributed by atoms with van der Waals surface area (Å²) in [5.41, 5.74) is -0.231. The molecular formula is C29H41FN2O6. The number of halogens is 1. The first-order chi connectivity index (χ1) is 18.1. The van der Waals surface area contributed by atoms with Crippen molar-refractivity contribution in [1.29, 1.82) is 0 Å². The Hall–Kier alpha value is -2.84. The van der Waals surface area contributed by atoms with Gasteiger partial charge in [0.25, 0.3) is 5.91 Å². The molecule has 3 aliphatic carbocycles. The molecule has 0 bridgehead atoms. The van der Waals surface area contributed by atoms with Gasteiger partial charge in [-0.1, -0.05) is 19.8 Å². The number of benzene rings is 1. The summed E-state index contributed by atoms with van der Waals surface area (Å²) < 4.78 is 31.1. The van der Waals surface area contributed by atoms with Crippen LogP contribution in [0.3, 0.4) is 0 Å². The van der Waals surface area contributed by atoms with Gasteiger partial charge in [-0.2, -0.15) is 0 Å². The smallest absolute Gasteiger partial charge is 0.311 e. The normalized spacial score (nSPS) is 28.1. The highest BCUT2D eigenvalue weighted by atomic mass is 19.1. The topological polar surface area (TPSA) is 103 Å². The molecule has 0 spiro atoms. The fourth-order valence-corrected chi connectivity index (χ4v) is 6.03. The van der Waals surface area contributed by atoms with Gasteiger partial charge in [-0.3, -0.25) is 14.4 Å². The van der Waals surface area contributed by atoms with Crippen LogP contribution >= 0.6 is 0 Å². The molecule has 0 heterocycles. The van der Waals surface area contributed by atoms with Crippen LogP contribution in [0.2, 0.25) is 0 Å². The van der Waals surface area contributed by atoms with E-state index < -0.39 is 17.1 Å². The summed E-state index contributed by atoms with van der Waals surface area (Å²) in [6.45, 7) is 4.72. The highest BCUT2D eigenvalue weighted by Gasteiger charge is 2.40. The van der Waals surface area contributed by atoms with Gasteiger partial charge in [-0.05, 0) is 69.8 Å². The summed E-state index contributed by atoms with van der Waals surface area (Å²) >= 11 is 0. The molecule has 2 atom stereocenters. The van der Waals surface area contributed by atoms with Crippen molar-refractivity contribution in [3.8, 4) is 11.5 Å². The van der Waals surface area contributed by atoms with E-state index in [1.54, 1.807) is 0 Å². The maximum Gasteiger partial charge on any atom is 0.311 e. The van der Waals surface area contributed by atoms with Gasteiger partial charge >= 0.3 is 5.97 Å². The third-order valence-corrected chi connectivity index (χ3v) is 8.93. The SMILES string of the molecule is COC(=O)C1(C)CCC(Oc2cc(C(=O)N[C@@H]3CCC[C@@H]3C(=O)NCC3(C)CCC3)c(OC)cc2F)CC1. The number of ether oxygens (including phenoxy) is 3. The van der Waals surface area contributed by atoms with Crippen molar-refractivity contribution >= 4 is 17.8 Å². The first kappa shape index (κ1) is 28.2. The fourth-order valence-electron chi connectivity index (χ4n) is 6.03. The molecule has 3 aliphatic rings. The second-order valence-electron chi connectivity index (χ2n) is 11.9. The molecule has 210 valence electrons. The van der Waals surface area contributed by atoms with Gasteiger partial charge < -0.3 is 24.8 Å². The molecule has 4 rings (SSSR count). The first-order valence-corrected chi connectivity index (χ1v) is 13.8. The van der Waals surface area contributed by atoms with Crippen LogP contribution < -0.4 is 20.1 Å². The Morgan fingerprint density at radius 1 is 0.974 bits per heavy atom. The zero-order valence-electron chi connectivity index (χ0n) is 23.0. The van der Waals surface area contributed by atoms with E-state index in [4.69, 9.17) is 14.2 Å². The number of amides is 2. The zero-order valence-corrected chi connectivity index (χ0v) is 23.0. The average molecular weight is 533 g/mol. The fraction of sp³-hybridized carbons (Fsp3) is 0.690. The Kier molecular flexibility index (Phi) is 8.52. The Morgan fingerprint density at radius 3 is 2.29 bits per heavy atom. The Bertz CT molecular complexity index is 1050. The van der Waals surface area contributed by atoms with Crippen LogP contribution in [0.1, 0.15) is 88.4 Å².